The molecule has 188 valence electrons. The van der Waals surface area contributed by atoms with Gasteiger partial charge in [-0.25, -0.2) is 4.39 Å². The van der Waals surface area contributed by atoms with E-state index in [1.165, 1.54) is 0 Å². The smallest absolute Gasteiger partial charge is 0.368 e. The fraction of sp³-hybridized carbons (Fsp3) is 0.619. The zero-order valence-electron chi connectivity index (χ0n) is 17.6. The Morgan fingerprint density at radius 1 is 1.00 bits per heavy atom. The number of rotatable bonds is 9. The van der Waals surface area contributed by atoms with Crippen LogP contribution in [-0.2, 0) is 20.4 Å². The van der Waals surface area contributed by atoms with Gasteiger partial charge in [-0.3, -0.25) is 14.3 Å². The first-order chi connectivity index (χ1) is 15.7. The Kier molecular flexibility index (Phi) is 6.18. The van der Waals surface area contributed by atoms with E-state index in [-0.39, 0.29) is 37.1 Å². The van der Waals surface area contributed by atoms with Gasteiger partial charge < -0.3 is 15.4 Å². The lowest BCUT2D eigenvalue weighted by atomic mass is 9.44. The number of alkyl halides is 6. The molecular weight excluding hydrogens is 477 g/mol. The number of hydrogen-bond donors (Lipinski definition) is 2. The van der Waals surface area contributed by atoms with Gasteiger partial charge in [0.15, 0.2) is 5.78 Å². The maximum Gasteiger partial charge on any atom is 0.522 e. The van der Waals surface area contributed by atoms with Crippen LogP contribution < -0.4 is 10.6 Å². The Bertz CT molecular complexity index is 953. The van der Waals surface area contributed by atoms with Crippen molar-refractivity contribution in [3.8, 4) is 0 Å². The molecular formula is C21H21F7N2O4. The standard InChI is InChI=1S/C21H21F7N2O4/c22-15-3-11(1-2-14(15)20(23,24)25)16(31)6-29-18-8-19(9-18,10-18)30-17(32)7-33-12-4-13(5-12)34-21(26,27)28/h1-3,12-13,29H,4-10H2,(H,30,32). The highest BCUT2D eigenvalue weighted by atomic mass is 19.4. The summed E-state index contributed by atoms with van der Waals surface area (Å²) < 4.78 is 97.0. The van der Waals surface area contributed by atoms with Crippen LogP contribution in [0.25, 0.3) is 0 Å². The van der Waals surface area contributed by atoms with Gasteiger partial charge in [-0.1, -0.05) is 6.07 Å². The number of halogens is 7. The van der Waals surface area contributed by atoms with Crippen LogP contribution in [-0.4, -0.2) is 54.5 Å². The fourth-order valence-electron chi connectivity index (χ4n) is 4.86. The average Bonchev–Trinajstić information content (AvgIpc) is 2.61. The highest BCUT2D eigenvalue weighted by Gasteiger charge is 2.68. The SMILES string of the molecule is O=C(COC1CC(OC(F)(F)F)C1)NC12CC(NCC(=O)c3ccc(C(F)(F)F)c(F)c3)(C1)C2. The molecule has 0 saturated heterocycles. The second kappa shape index (κ2) is 8.45. The second-order valence-corrected chi connectivity index (χ2v) is 9.20. The van der Waals surface area contributed by atoms with Crippen molar-refractivity contribution in [2.24, 2.45) is 0 Å². The average molecular weight is 498 g/mol. The van der Waals surface area contributed by atoms with Crippen LogP contribution in [0.15, 0.2) is 18.2 Å². The van der Waals surface area contributed by atoms with Crippen molar-refractivity contribution in [2.75, 3.05) is 13.2 Å². The predicted octanol–water partition coefficient (Wildman–Crippen LogP) is 3.49. The Hall–Kier alpha value is -2.25. The summed E-state index contributed by atoms with van der Waals surface area (Å²) in [4.78, 5) is 24.3. The van der Waals surface area contributed by atoms with Gasteiger partial charge in [0.05, 0.1) is 24.3 Å². The molecule has 4 saturated carbocycles. The van der Waals surface area contributed by atoms with E-state index in [4.69, 9.17) is 4.74 Å². The summed E-state index contributed by atoms with van der Waals surface area (Å²) in [6.45, 7) is -0.482. The Labute approximate surface area is 189 Å². The quantitative estimate of drug-likeness (QED) is 0.403. The van der Waals surface area contributed by atoms with Gasteiger partial charge >= 0.3 is 12.5 Å². The lowest BCUT2D eigenvalue weighted by Crippen LogP contribution is -2.83. The third kappa shape index (κ3) is 5.36. The van der Waals surface area contributed by atoms with Crippen LogP contribution in [0.2, 0.25) is 0 Å². The van der Waals surface area contributed by atoms with E-state index in [1.807, 2.05) is 0 Å². The number of benzene rings is 1. The van der Waals surface area contributed by atoms with E-state index >= 15 is 0 Å². The zero-order valence-corrected chi connectivity index (χ0v) is 17.6. The molecule has 1 amide bonds. The summed E-state index contributed by atoms with van der Waals surface area (Å²) in [5.41, 5.74) is -2.45. The van der Waals surface area contributed by atoms with Crippen molar-refractivity contribution in [3.63, 3.8) is 0 Å². The molecule has 4 aliphatic rings. The number of hydrogen-bond acceptors (Lipinski definition) is 5. The molecule has 4 aliphatic carbocycles. The first kappa shape index (κ1) is 24.9. The molecule has 0 radical (unpaired) electrons. The minimum absolute atomic E-state index is 0.0574. The highest BCUT2D eigenvalue weighted by molar-refractivity contribution is 5.97. The van der Waals surface area contributed by atoms with Gasteiger partial charge in [0.2, 0.25) is 5.91 Å². The molecule has 13 heteroatoms. The lowest BCUT2D eigenvalue weighted by molar-refractivity contribution is -0.357. The number of nitrogens with one attached hydrogen (secondary N) is 2. The summed E-state index contributed by atoms with van der Waals surface area (Å²) in [5.74, 6) is -2.47. The van der Waals surface area contributed by atoms with Gasteiger partial charge in [-0.05, 0) is 31.4 Å². The lowest BCUT2D eigenvalue weighted by Gasteiger charge is -2.70. The van der Waals surface area contributed by atoms with E-state index in [9.17, 15) is 40.3 Å². The first-order valence-electron chi connectivity index (χ1n) is 10.5. The first-order valence-corrected chi connectivity index (χ1v) is 10.5. The molecule has 0 aliphatic heterocycles. The molecule has 1 aromatic rings. The number of carbonyl (C=O) groups excluding carboxylic acids is 2. The molecule has 0 atom stereocenters. The largest absolute Gasteiger partial charge is 0.522 e. The van der Waals surface area contributed by atoms with Crippen LogP contribution in [0.4, 0.5) is 30.7 Å². The highest BCUT2D eigenvalue weighted by Crippen LogP contribution is 2.60. The summed E-state index contributed by atoms with van der Waals surface area (Å²) >= 11 is 0. The van der Waals surface area contributed by atoms with Gasteiger partial charge in [0.1, 0.15) is 12.4 Å². The monoisotopic (exact) mass is 498 g/mol. The van der Waals surface area contributed by atoms with Crippen molar-refractivity contribution >= 4 is 11.7 Å². The molecule has 34 heavy (non-hydrogen) atoms. The van der Waals surface area contributed by atoms with Crippen LogP contribution in [0.3, 0.4) is 0 Å². The minimum atomic E-state index is -4.85. The fourth-order valence-corrected chi connectivity index (χ4v) is 4.86. The summed E-state index contributed by atoms with van der Waals surface area (Å²) in [7, 11) is 0. The molecule has 4 fully saturated rings. The molecule has 2 N–H and O–H groups in total. The van der Waals surface area contributed by atoms with Gasteiger partial charge in [-0.2, -0.15) is 13.2 Å². The molecule has 5 rings (SSSR count). The van der Waals surface area contributed by atoms with Crippen LogP contribution >= 0.6 is 0 Å². The van der Waals surface area contributed by atoms with E-state index in [2.05, 4.69) is 15.4 Å². The molecule has 0 spiro atoms. The van der Waals surface area contributed by atoms with E-state index in [1.54, 1.807) is 0 Å². The van der Waals surface area contributed by atoms with Gasteiger partial charge in [0.25, 0.3) is 0 Å². The molecule has 1 aromatic carbocycles. The molecule has 2 bridgehead atoms. The van der Waals surface area contributed by atoms with Crippen molar-refractivity contribution in [1.29, 1.82) is 0 Å². The number of carbonyl (C=O) groups is 2. The van der Waals surface area contributed by atoms with Crippen molar-refractivity contribution < 1.29 is 49.8 Å². The van der Waals surface area contributed by atoms with Crippen molar-refractivity contribution in [3.05, 3.63) is 35.1 Å². The molecule has 0 aromatic heterocycles. The topological polar surface area (TPSA) is 76.7 Å². The third-order valence-electron chi connectivity index (χ3n) is 6.46. The molecule has 0 heterocycles. The van der Waals surface area contributed by atoms with Crippen molar-refractivity contribution in [1.82, 2.24) is 10.6 Å². The number of ether oxygens (including phenoxy) is 2. The number of amides is 1. The zero-order chi connectivity index (χ0) is 24.9. The van der Waals surface area contributed by atoms with Gasteiger partial charge in [0, 0.05) is 29.5 Å². The maximum absolute atomic E-state index is 13.7. The van der Waals surface area contributed by atoms with Gasteiger partial charge in [-0.15, -0.1) is 13.2 Å². The normalized spacial score (nSPS) is 30.1. The second-order valence-electron chi connectivity index (χ2n) is 9.20. The third-order valence-corrected chi connectivity index (χ3v) is 6.46. The maximum atomic E-state index is 13.7. The predicted molar refractivity (Wildman–Crippen MR) is 101 cm³/mol. The van der Waals surface area contributed by atoms with Crippen LogP contribution in [0, 0.1) is 5.82 Å². The summed E-state index contributed by atoms with van der Waals surface area (Å²) in [6, 6.07) is 2.03. The number of Topliss-reactive ketones (excluding diaryl/α,β-unsaturated/α-hetero) is 1. The van der Waals surface area contributed by atoms with E-state index < -0.39 is 53.4 Å². The minimum Gasteiger partial charge on any atom is -0.368 e. The van der Waals surface area contributed by atoms with E-state index in [0.29, 0.717) is 31.4 Å². The molecule has 0 unspecified atom stereocenters. The van der Waals surface area contributed by atoms with E-state index in [0.717, 1.165) is 6.07 Å². The summed E-state index contributed by atoms with van der Waals surface area (Å²) in [5, 5.41) is 5.86. The Balaban J connectivity index is 1.14. The molecule has 6 nitrogen and oxygen atoms in total. The summed E-state index contributed by atoms with van der Waals surface area (Å²) in [6.07, 6.45) is -9.26. The van der Waals surface area contributed by atoms with Crippen LogP contribution in [0.5, 0.6) is 0 Å². The van der Waals surface area contributed by atoms with Crippen molar-refractivity contribution in [2.45, 2.75) is 67.9 Å². The number of ketones is 1. The van der Waals surface area contributed by atoms with Crippen LogP contribution in [0.1, 0.15) is 48.0 Å². The Morgan fingerprint density at radius 2 is 1.65 bits per heavy atom. The Morgan fingerprint density at radius 3 is 2.21 bits per heavy atom.